The van der Waals surface area contributed by atoms with Gasteiger partial charge in [0, 0.05) is 13.1 Å². The Hall–Kier alpha value is -1.59. The maximum atomic E-state index is 10.9. The summed E-state index contributed by atoms with van der Waals surface area (Å²) in [6.07, 6.45) is 7.36. The van der Waals surface area contributed by atoms with Crippen molar-refractivity contribution >= 4 is 11.6 Å². The largest absolute Gasteiger partial charge is 0.406 e. The molecule has 0 saturated heterocycles. The molecular formula is C12H20N4O2. The lowest BCUT2D eigenvalue weighted by molar-refractivity contribution is -0.388. The summed E-state index contributed by atoms with van der Waals surface area (Å²) in [7, 11) is 1.78. The van der Waals surface area contributed by atoms with Crippen LogP contribution in [0.3, 0.4) is 0 Å². The summed E-state index contributed by atoms with van der Waals surface area (Å²) in [5, 5.41) is 14.3. The van der Waals surface area contributed by atoms with Crippen LogP contribution in [0.5, 0.6) is 0 Å². The molecule has 1 aliphatic rings. The molecule has 6 heteroatoms. The molecule has 1 fully saturated rings. The molecule has 0 amide bonds. The van der Waals surface area contributed by atoms with E-state index < -0.39 is 4.92 Å². The van der Waals surface area contributed by atoms with Crippen molar-refractivity contribution in [3.8, 4) is 0 Å². The number of anilines is 1. The van der Waals surface area contributed by atoms with E-state index in [2.05, 4.69) is 17.2 Å². The second-order valence-corrected chi connectivity index (χ2v) is 4.99. The van der Waals surface area contributed by atoms with E-state index in [9.17, 15) is 10.1 Å². The van der Waals surface area contributed by atoms with Gasteiger partial charge in [-0.15, -0.1) is 0 Å². The van der Waals surface area contributed by atoms with Crippen molar-refractivity contribution in [2.45, 2.75) is 45.1 Å². The molecule has 1 saturated carbocycles. The first kappa shape index (κ1) is 12.9. The highest BCUT2D eigenvalue weighted by atomic mass is 16.6. The Morgan fingerprint density at radius 3 is 2.94 bits per heavy atom. The Morgan fingerprint density at radius 2 is 2.28 bits per heavy atom. The Morgan fingerprint density at radius 1 is 1.56 bits per heavy atom. The average Bonchev–Trinajstić information content (AvgIpc) is 2.72. The molecule has 1 aliphatic carbocycles. The number of aromatic nitrogens is 2. The van der Waals surface area contributed by atoms with Crippen molar-refractivity contribution in [3.05, 3.63) is 16.4 Å². The van der Waals surface area contributed by atoms with Crippen LogP contribution in [0.2, 0.25) is 0 Å². The maximum absolute atomic E-state index is 10.9. The number of imidazole rings is 1. The third-order valence-corrected chi connectivity index (χ3v) is 3.85. The highest BCUT2D eigenvalue weighted by Gasteiger charge is 2.28. The van der Waals surface area contributed by atoms with E-state index in [-0.39, 0.29) is 5.82 Å². The first-order chi connectivity index (χ1) is 8.63. The monoisotopic (exact) mass is 252 g/mol. The van der Waals surface area contributed by atoms with E-state index in [1.165, 1.54) is 25.6 Å². The van der Waals surface area contributed by atoms with Crippen LogP contribution in [-0.2, 0) is 7.05 Å². The van der Waals surface area contributed by atoms with Gasteiger partial charge in [-0.3, -0.25) is 4.57 Å². The lowest BCUT2D eigenvalue weighted by atomic mass is 9.83. The Labute approximate surface area is 107 Å². The molecular weight excluding hydrogens is 232 g/mol. The Kier molecular flexibility index (Phi) is 3.84. The number of hydrogen-bond donors (Lipinski definition) is 1. The van der Waals surface area contributed by atoms with Crippen LogP contribution < -0.4 is 5.32 Å². The SMILES string of the molecule is CCC1CCCCC1Nc1c([N+](=O)[O-])ncn1C. The second-order valence-electron chi connectivity index (χ2n) is 4.99. The summed E-state index contributed by atoms with van der Waals surface area (Å²) >= 11 is 0. The quantitative estimate of drug-likeness (QED) is 0.660. The van der Waals surface area contributed by atoms with Gasteiger partial charge < -0.3 is 15.4 Å². The fraction of sp³-hybridized carbons (Fsp3) is 0.750. The topological polar surface area (TPSA) is 73.0 Å². The molecule has 1 aromatic heterocycles. The van der Waals surface area contributed by atoms with Crippen LogP contribution in [0.1, 0.15) is 39.0 Å². The van der Waals surface area contributed by atoms with Crippen LogP contribution in [0.15, 0.2) is 6.33 Å². The van der Waals surface area contributed by atoms with Gasteiger partial charge in [-0.1, -0.05) is 26.2 Å². The molecule has 6 nitrogen and oxygen atoms in total. The maximum Gasteiger partial charge on any atom is 0.406 e. The first-order valence-electron chi connectivity index (χ1n) is 6.55. The zero-order valence-corrected chi connectivity index (χ0v) is 10.9. The highest BCUT2D eigenvalue weighted by Crippen LogP contribution is 2.31. The van der Waals surface area contributed by atoms with E-state index >= 15 is 0 Å². The van der Waals surface area contributed by atoms with E-state index in [4.69, 9.17) is 0 Å². The predicted molar refractivity (Wildman–Crippen MR) is 69.5 cm³/mol. The van der Waals surface area contributed by atoms with Crippen molar-refractivity contribution in [1.29, 1.82) is 0 Å². The van der Waals surface area contributed by atoms with Crippen molar-refractivity contribution < 1.29 is 4.92 Å². The van der Waals surface area contributed by atoms with Gasteiger partial charge in [0.25, 0.3) is 0 Å². The predicted octanol–water partition coefficient (Wildman–Crippen LogP) is 2.71. The van der Waals surface area contributed by atoms with Gasteiger partial charge in [0.1, 0.15) is 0 Å². The van der Waals surface area contributed by atoms with Gasteiger partial charge in [0.05, 0.1) is 0 Å². The number of nitrogens with zero attached hydrogens (tertiary/aromatic N) is 3. The van der Waals surface area contributed by atoms with Crippen LogP contribution in [0, 0.1) is 16.0 Å². The number of hydrogen-bond acceptors (Lipinski definition) is 4. The van der Waals surface area contributed by atoms with Crippen molar-refractivity contribution in [2.24, 2.45) is 13.0 Å². The lowest BCUT2D eigenvalue weighted by Gasteiger charge is -2.31. The van der Waals surface area contributed by atoms with Crippen LogP contribution in [-0.4, -0.2) is 20.5 Å². The van der Waals surface area contributed by atoms with Gasteiger partial charge in [0.15, 0.2) is 0 Å². The molecule has 1 N–H and O–H groups in total. The Bertz CT molecular complexity index is 430. The van der Waals surface area contributed by atoms with Crippen LogP contribution >= 0.6 is 0 Å². The first-order valence-corrected chi connectivity index (χ1v) is 6.55. The molecule has 1 heterocycles. The molecule has 100 valence electrons. The van der Waals surface area contributed by atoms with Gasteiger partial charge in [0.2, 0.25) is 12.1 Å². The van der Waals surface area contributed by atoms with Gasteiger partial charge in [-0.05, 0) is 28.7 Å². The zero-order chi connectivity index (χ0) is 13.1. The molecule has 0 bridgehead atoms. The summed E-state index contributed by atoms with van der Waals surface area (Å²) in [5.74, 6) is 1.07. The van der Waals surface area contributed by atoms with Crippen molar-refractivity contribution in [1.82, 2.24) is 9.55 Å². The number of aryl methyl sites for hydroxylation is 1. The molecule has 2 rings (SSSR count). The molecule has 2 unspecified atom stereocenters. The molecule has 18 heavy (non-hydrogen) atoms. The van der Waals surface area contributed by atoms with E-state index in [1.54, 1.807) is 11.6 Å². The van der Waals surface area contributed by atoms with Crippen LogP contribution in [0.4, 0.5) is 11.6 Å². The van der Waals surface area contributed by atoms with Gasteiger partial charge in [-0.2, -0.15) is 0 Å². The van der Waals surface area contributed by atoms with Crippen LogP contribution in [0.25, 0.3) is 0 Å². The molecule has 0 aromatic carbocycles. The van der Waals surface area contributed by atoms with E-state index in [0.717, 1.165) is 12.8 Å². The Balaban J connectivity index is 2.17. The van der Waals surface area contributed by atoms with E-state index in [1.807, 2.05) is 0 Å². The summed E-state index contributed by atoms with van der Waals surface area (Å²) in [5.41, 5.74) is 0. The standard InChI is InChI=1S/C12H20N4O2/c1-3-9-6-4-5-7-10(9)14-12-11(16(17)18)13-8-15(12)2/h8-10,14H,3-7H2,1-2H3. The number of nitrogens with one attached hydrogen (secondary N) is 1. The van der Waals surface area contributed by atoms with E-state index in [0.29, 0.717) is 17.8 Å². The average molecular weight is 252 g/mol. The summed E-state index contributed by atoms with van der Waals surface area (Å²) in [4.78, 5) is 14.3. The molecule has 0 aliphatic heterocycles. The smallest absolute Gasteiger partial charge is 0.361 e. The van der Waals surface area contributed by atoms with Crippen molar-refractivity contribution in [2.75, 3.05) is 5.32 Å². The fourth-order valence-corrected chi connectivity index (χ4v) is 2.78. The second kappa shape index (κ2) is 5.37. The summed E-state index contributed by atoms with van der Waals surface area (Å²) in [6.45, 7) is 2.18. The van der Waals surface area contributed by atoms with Gasteiger partial charge in [-0.25, -0.2) is 0 Å². The van der Waals surface area contributed by atoms with Gasteiger partial charge >= 0.3 is 5.82 Å². The highest BCUT2D eigenvalue weighted by molar-refractivity contribution is 5.52. The number of rotatable bonds is 4. The minimum absolute atomic E-state index is 0.0714. The third kappa shape index (κ3) is 2.47. The zero-order valence-electron chi connectivity index (χ0n) is 10.9. The molecule has 0 spiro atoms. The van der Waals surface area contributed by atoms with Crippen molar-refractivity contribution in [3.63, 3.8) is 0 Å². The molecule has 0 radical (unpaired) electrons. The minimum atomic E-state index is -0.424. The normalized spacial score (nSPS) is 23.9. The fourth-order valence-electron chi connectivity index (χ4n) is 2.78. The molecule has 1 aromatic rings. The minimum Gasteiger partial charge on any atom is -0.361 e. The third-order valence-electron chi connectivity index (χ3n) is 3.85. The number of nitro groups is 1. The summed E-state index contributed by atoms with van der Waals surface area (Å²) < 4.78 is 1.69. The lowest BCUT2D eigenvalue weighted by Crippen LogP contribution is -2.32. The molecule has 2 atom stereocenters. The summed E-state index contributed by atoms with van der Waals surface area (Å²) in [6, 6.07) is 0.331.